The van der Waals surface area contributed by atoms with Crippen molar-refractivity contribution in [3.63, 3.8) is 0 Å². The molecule has 0 aromatic heterocycles. The number of carbonyl (C=O) groups excluding carboxylic acids is 1. The summed E-state index contributed by atoms with van der Waals surface area (Å²) in [4.78, 5) is 17.9. The number of nitrogens with zero attached hydrogens (tertiary/aromatic N) is 2. The Morgan fingerprint density at radius 2 is 2.25 bits per heavy atom. The van der Waals surface area contributed by atoms with Gasteiger partial charge in [0.25, 0.3) is 0 Å². The second-order valence-electron chi connectivity index (χ2n) is 4.88. The summed E-state index contributed by atoms with van der Waals surface area (Å²) in [6.45, 7) is 3.26. The lowest BCUT2D eigenvalue weighted by atomic mass is 10.2. The topological polar surface area (TPSA) is 53.9 Å². The number of methoxy groups -OCH3 is 1. The molecule has 5 heteroatoms. The molecule has 2 rings (SSSR count). The Balaban J connectivity index is 2.02. The summed E-state index contributed by atoms with van der Waals surface area (Å²) >= 11 is 0. The fourth-order valence-corrected chi connectivity index (χ4v) is 2.38. The van der Waals surface area contributed by atoms with E-state index in [1.807, 2.05) is 13.0 Å². The van der Waals surface area contributed by atoms with E-state index in [-0.39, 0.29) is 11.9 Å². The molecule has 0 bridgehead atoms. The van der Waals surface area contributed by atoms with Gasteiger partial charge in [-0.15, -0.1) is 0 Å². The molecule has 0 fully saturated rings. The van der Waals surface area contributed by atoms with Gasteiger partial charge in [-0.05, 0) is 18.1 Å². The highest BCUT2D eigenvalue weighted by molar-refractivity contribution is 5.98. The standard InChI is InChI=1S/C15H21N3O2/c1-11(14(19)20-3)10-17-15(16-2)18-9-8-12-6-4-5-7-13(12)18/h4-7,11H,8-10H2,1-3H3,(H,16,17). The zero-order chi connectivity index (χ0) is 14.5. The van der Waals surface area contributed by atoms with E-state index in [4.69, 9.17) is 4.74 Å². The molecule has 1 aliphatic heterocycles. The average Bonchev–Trinajstić information content (AvgIpc) is 2.91. The minimum atomic E-state index is -0.213. The molecule has 108 valence electrons. The molecule has 1 N–H and O–H groups in total. The highest BCUT2D eigenvalue weighted by Crippen LogP contribution is 2.27. The molecule has 5 nitrogen and oxygen atoms in total. The number of esters is 1. The first-order valence-electron chi connectivity index (χ1n) is 6.81. The molecular weight excluding hydrogens is 254 g/mol. The minimum absolute atomic E-state index is 0.199. The van der Waals surface area contributed by atoms with E-state index >= 15 is 0 Å². The summed E-state index contributed by atoms with van der Waals surface area (Å²) < 4.78 is 4.73. The summed E-state index contributed by atoms with van der Waals surface area (Å²) in [7, 11) is 3.16. The van der Waals surface area contributed by atoms with Gasteiger partial charge < -0.3 is 15.0 Å². The van der Waals surface area contributed by atoms with Crippen molar-refractivity contribution in [2.45, 2.75) is 13.3 Å². The Kier molecular flexibility index (Phi) is 4.61. The molecule has 1 heterocycles. The van der Waals surface area contributed by atoms with Gasteiger partial charge in [-0.2, -0.15) is 0 Å². The van der Waals surface area contributed by atoms with E-state index in [9.17, 15) is 4.79 Å². The number of fused-ring (bicyclic) bond motifs is 1. The fourth-order valence-electron chi connectivity index (χ4n) is 2.38. The Labute approximate surface area is 119 Å². The number of rotatable bonds is 3. The van der Waals surface area contributed by atoms with E-state index in [2.05, 4.69) is 33.4 Å². The number of para-hydroxylation sites is 1. The van der Waals surface area contributed by atoms with Crippen LogP contribution in [0.3, 0.4) is 0 Å². The van der Waals surface area contributed by atoms with Crippen molar-refractivity contribution in [2.75, 3.05) is 32.1 Å². The summed E-state index contributed by atoms with van der Waals surface area (Å²) in [6.07, 6.45) is 1.02. The van der Waals surface area contributed by atoms with Crippen LogP contribution in [-0.4, -0.2) is 39.2 Å². The molecule has 20 heavy (non-hydrogen) atoms. The molecule has 0 amide bonds. The maximum Gasteiger partial charge on any atom is 0.310 e. The van der Waals surface area contributed by atoms with Gasteiger partial charge in [0.05, 0.1) is 13.0 Å². The number of guanidine groups is 1. The molecule has 0 aliphatic carbocycles. The first kappa shape index (κ1) is 14.4. The molecule has 0 saturated heterocycles. The van der Waals surface area contributed by atoms with Gasteiger partial charge in [0.2, 0.25) is 0 Å². The Morgan fingerprint density at radius 3 is 2.95 bits per heavy atom. The maximum atomic E-state index is 11.4. The van der Waals surface area contributed by atoms with Crippen LogP contribution in [0.2, 0.25) is 0 Å². The number of benzene rings is 1. The number of anilines is 1. The molecule has 0 radical (unpaired) electrons. The summed E-state index contributed by atoms with van der Waals surface area (Å²) in [5.74, 6) is 0.384. The van der Waals surface area contributed by atoms with E-state index in [1.54, 1.807) is 7.05 Å². The lowest BCUT2D eigenvalue weighted by Crippen LogP contribution is -2.43. The molecule has 1 atom stereocenters. The predicted molar refractivity (Wildman–Crippen MR) is 80.0 cm³/mol. The smallest absolute Gasteiger partial charge is 0.310 e. The van der Waals surface area contributed by atoms with E-state index in [1.165, 1.54) is 18.4 Å². The fraction of sp³-hybridized carbons (Fsp3) is 0.467. The summed E-state index contributed by atoms with van der Waals surface area (Å²) in [5, 5.41) is 3.24. The van der Waals surface area contributed by atoms with Crippen LogP contribution in [0.25, 0.3) is 0 Å². The molecular formula is C15H21N3O2. The Morgan fingerprint density at radius 1 is 1.50 bits per heavy atom. The van der Waals surface area contributed by atoms with Crippen molar-refractivity contribution < 1.29 is 9.53 Å². The van der Waals surface area contributed by atoms with Crippen LogP contribution in [0, 0.1) is 5.92 Å². The number of hydrogen-bond donors (Lipinski definition) is 1. The van der Waals surface area contributed by atoms with Crippen LogP contribution in [0.4, 0.5) is 5.69 Å². The van der Waals surface area contributed by atoms with Gasteiger partial charge >= 0.3 is 5.97 Å². The van der Waals surface area contributed by atoms with Crippen molar-refractivity contribution in [3.8, 4) is 0 Å². The predicted octanol–water partition coefficient (Wildman–Crippen LogP) is 1.43. The zero-order valence-corrected chi connectivity index (χ0v) is 12.2. The number of hydrogen-bond acceptors (Lipinski definition) is 3. The quantitative estimate of drug-likeness (QED) is 0.515. The monoisotopic (exact) mass is 275 g/mol. The average molecular weight is 275 g/mol. The first-order valence-corrected chi connectivity index (χ1v) is 6.81. The number of aliphatic imine (C=N–C) groups is 1. The van der Waals surface area contributed by atoms with E-state index < -0.39 is 0 Å². The molecule has 1 unspecified atom stereocenters. The van der Waals surface area contributed by atoms with Gasteiger partial charge in [0, 0.05) is 25.8 Å². The number of ether oxygens (including phenoxy) is 1. The van der Waals surface area contributed by atoms with Crippen LogP contribution in [-0.2, 0) is 16.0 Å². The van der Waals surface area contributed by atoms with Crippen molar-refractivity contribution in [1.82, 2.24) is 5.32 Å². The van der Waals surface area contributed by atoms with Crippen molar-refractivity contribution in [1.29, 1.82) is 0 Å². The van der Waals surface area contributed by atoms with Crippen molar-refractivity contribution >= 4 is 17.6 Å². The number of nitrogens with one attached hydrogen (secondary N) is 1. The Hall–Kier alpha value is -2.04. The van der Waals surface area contributed by atoms with Gasteiger partial charge in [0.15, 0.2) is 5.96 Å². The van der Waals surface area contributed by atoms with Crippen molar-refractivity contribution in [2.24, 2.45) is 10.9 Å². The van der Waals surface area contributed by atoms with Crippen molar-refractivity contribution in [3.05, 3.63) is 29.8 Å². The third-order valence-electron chi connectivity index (χ3n) is 3.52. The molecule has 1 aromatic rings. The van der Waals surface area contributed by atoms with E-state index in [0.717, 1.165) is 18.9 Å². The highest BCUT2D eigenvalue weighted by atomic mass is 16.5. The minimum Gasteiger partial charge on any atom is -0.469 e. The van der Waals surface area contributed by atoms with Crippen LogP contribution < -0.4 is 10.2 Å². The van der Waals surface area contributed by atoms with Gasteiger partial charge in [-0.3, -0.25) is 9.79 Å². The van der Waals surface area contributed by atoms with Gasteiger partial charge in [-0.25, -0.2) is 0 Å². The van der Waals surface area contributed by atoms with Gasteiger partial charge in [-0.1, -0.05) is 25.1 Å². The lowest BCUT2D eigenvalue weighted by molar-refractivity contribution is -0.144. The summed E-state index contributed by atoms with van der Waals surface area (Å²) in [5.41, 5.74) is 2.52. The van der Waals surface area contributed by atoms with Crippen LogP contribution in [0.1, 0.15) is 12.5 Å². The van der Waals surface area contributed by atoms with Crippen LogP contribution in [0.5, 0.6) is 0 Å². The van der Waals surface area contributed by atoms with Gasteiger partial charge in [0.1, 0.15) is 0 Å². The molecule has 1 aliphatic rings. The lowest BCUT2D eigenvalue weighted by Gasteiger charge is -2.23. The van der Waals surface area contributed by atoms with E-state index in [0.29, 0.717) is 6.54 Å². The second-order valence-corrected chi connectivity index (χ2v) is 4.88. The third kappa shape index (κ3) is 2.92. The first-order chi connectivity index (χ1) is 9.67. The van der Waals surface area contributed by atoms with Crippen LogP contribution >= 0.6 is 0 Å². The largest absolute Gasteiger partial charge is 0.469 e. The molecule has 1 aromatic carbocycles. The highest BCUT2D eigenvalue weighted by Gasteiger charge is 2.23. The SMILES string of the molecule is CN=C(NCC(C)C(=O)OC)N1CCc2ccccc21. The molecule has 0 spiro atoms. The zero-order valence-electron chi connectivity index (χ0n) is 12.2. The number of carbonyl (C=O) groups is 1. The van der Waals surface area contributed by atoms with Crippen LogP contribution in [0.15, 0.2) is 29.3 Å². The summed E-state index contributed by atoms with van der Waals surface area (Å²) in [6, 6.07) is 8.32. The third-order valence-corrected chi connectivity index (χ3v) is 3.52. The normalized spacial score (nSPS) is 15.8. The second kappa shape index (κ2) is 6.41. The Bertz CT molecular complexity index is 514. The maximum absolute atomic E-state index is 11.4. The molecule has 0 saturated carbocycles.